The van der Waals surface area contributed by atoms with Crippen molar-refractivity contribution in [3.05, 3.63) is 59.4 Å². The number of nitrogens with zero attached hydrogens (tertiary/aromatic N) is 2. The van der Waals surface area contributed by atoms with Crippen molar-refractivity contribution in [3.63, 3.8) is 0 Å². The molecule has 1 unspecified atom stereocenters. The lowest BCUT2D eigenvalue weighted by Gasteiger charge is -2.27. The van der Waals surface area contributed by atoms with Crippen LogP contribution in [0.3, 0.4) is 0 Å². The highest BCUT2D eigenvalue weighted by atomic mass is 16.2. The molecule has 2 aliphatic rings. The van der Waals surface area contributed by atoms with Crippen molar-refractivity contribution < 1.29 is 24.0 Å². The van der Waals surface area contributed by atoms with E-state index in [0.717, 1.165) is 4.90 Å². The summed E-state index contributed by atoms with van der Waals surface area (Å²) in [6.07, 6.45) is 3.26. The van der Waals surface area contributed by atoms with Crippen molar-refractivity contribution in [3.8, 4) is 0 Å². The first-order valence-electron chi connectivity index (χ1n) is 9.43. The molecular weight excluding hydrogens is 388 g/mol. The maximum atomic E-state index is 13.0. The Morgan fingerprint density at radius 2 is 2.03 bits per heavy atom. The molecule has 3 rings (SSSR count). The van der Waals surface area contributed by atoms with Gasteiger partial charge in [0.25, 0.3) is 17.7 Å². The lowest BCUT2D eigenvalue weighted by atomic mass is 10.0. The molecule has 2 N–H and O–H groups in total. The maximum absolute atomic E-state index is 13.0. The minimum Gasteiger partial charge on any atom is -0.347 e. The molecule has 9 heteroatoms. The fourth-order valence-electron chi connectivity index (χ4n) is 3.59. The third-order valence-corrected chi connectivity index (χ3v) is 5.15. The number of benzene rings is 1. The second-order valence-electron chi connectivity index (χ2n) is 6.94. The van der Waals surface area contributed by atoms with Crippen molar-refractivity contribution in [1.29, 1.82) is 0 Å². The molecule has 5 amide bonds. The lowest BCUT2D eigenvalue weighted by molar-refractivity contribution is -0.136. The summed E-state index contributed by atoms with van der Waals surface area (Å²) in [5, 5.41) is 4.90. The fraction of sp³-hybridized carbons (Fsp3) is 0.286. The van der Waals surface area contributed by atoms with Crippen LogP contribution >= 0.6 is 0 Å². The summed E-state index contributed by atoms with van der Waals surface area (Å²) in [5.74, 6) is -2.65. The standard InChI is InChI=1S/C21H22N4O5/c1-4-14(24(3)5-2)18(27)22-11-12-7-6-8-13-17(12)21(30)25(20(13)29)15-9-10-16(26)23-19(15)28/h4-8,15H,2,9-11H2,1,3H3,(H,22,27)(H,23,26,28)/b14-4-. The number of amides is 5. The van der Waals surface area contributed by atoms with E-state index in [1.165, 1.54) is 12.3 Å². The predicted molar refractivity (Wildman–Crippen MR) is 107 cm³/mol. The predicted octanol–water partition coefficient (Wildman–Crippen LogP) is 0.683. The van der Waals surface area contributed by atoms with Gasteiger partial charge in [-0.25, -0.2) is 0 Å². The first kappa shape index (κ1) is 21.0. The van der Waals surface area contributed by atoms with Crippen molar-refractivity contribution in [1.82, 2.24) is 20.4 Å². The summed E-state index contributed by atoms with van der Waals surface area (Å²) >= 11 is 0. The Kier molecular flexibility index (Phi) is 5.81. The average Bonchev–Trinajstić information content (AvgIpc) is 2.98. The van der Waals surface area contributed by atoms with Gasteiger partial charge in [0.05, 0.1) is 11.1 Å². The van der Waals surface area contributed by atoms with Crippen LogP contribution in [-0.4, -0.2) is 52.4 Å². The van der Waals surface area contributed by atoms with E-state index in [1.807, 2.05) is 0 Å². The molecule has 156 valence electrons. The molecular formula is C21H22N4O5. The van der Waals surface area contributed by atoms with Gasteiger partial charge >= 0.3 is 0 Å². The Morgan fingerprint density at radius 3 is 2.67 bits per heavy atom. The van der Waals surface area contributed by atoms with Crippen molar-refractivity contribution in [2.24, 2.45) is 0 Å². The van der Waals surface area contributed by atoms with Gasteiger partial charge in [-0.15, -0.1) is 0 Å². The zero-order valence-corrected chi connectivity index (χ0v) is 16.7. The van der Waals surface area contributed by atoms with Crippen LogP contribution < -0.4 is 10.6 Å². The topological polar surface area (TPSA) is 116 Å². The molecule has 2 aliphatic heterocycles. The molecule has 0 aromatic heterocycles. The average molecular weight is 410 g/mol. The van der Waals surface area contributed by atoms with Crippen molar-refractivity contribution in [2.45, 2.75) is 32.4 Å². The normalized spacial score (nSPS) is 18.8. The number of nitrogens with one attached hydrogen (secondary N) is 2. The smallest absolute Gasteiger partial charge is 0.267 e. The second-order valence-corrected chi connectivity index (χ2v) is 6.94. The SMILES string of the molecule is C=CN(C)/C(=C\C)C(=O)NCc1cccc2c1C(=O)N(C1CCC(=O)NC1=O)C2=O. The Hall–Kier alpha value is -3.75. The van der Waals surface area contributed by atoms with E-state index < -0.39 is 29.7 Å². The minimum atomic E-state index is -1.03. The number of allylic oxidation sites excluding steroid dienone is 1. The fourth-order valence-corrected chi connectivity index (χ4v) is 3.59. The third kappa shape index (κ3) is 3.61. The highest BCUT2D eigenvalue weighted by molar-refractivity contribution is 6.24. The van der Waals surface area contributed by atoms with Gasteiger partial charge in [-0.3, -0.25) is 34.2 Å². The van der Waals surface area contributed by atoms with E-state index in [1.54, 1.807) is 37.1 Å². The van der Waals surface area contributed by atoms with Gasteiger partial charge in [0.15, 0.2) is 0 Å². The van der Waals surface area contributed by atoms with Crippen LogP contribution in [0.1, 0.15) is 46.0 Å². The van der Waals surface area contributed by atoms with Gasteiger partial charge in [0.1, 0.15) is 11.7 Å². The highest BCUT2D eigenvalue weighted by Crippen LogP contribution is 2.29. The molecule has 0 aliphatic carbocycles. The van der Waals surface area contributed by atoms with Gasteiger partial charge < -0.3 is 10.2 Å². The summed E-state index contributed by atoms with van der Waals surface area (Å²) in [6.45, 7) is 5.36. The maximum Gasteiger partial charge on any atom is 0.267 e. The molecule has 1 aromatic rings. The number of rotatable bonds is 6. The van der Waals surface area contributed by atoms with Crippen LogP contribution in [-0.2, 0) is 20.9 Å². The molecule has 1 saturated heterocycles. The largest absolute Gasteiger partial charge is 0.347 e. The minimum absolute atomic E-state index is 0.0204. The monoisotopic (exact) mass is 410 g/mol. The Bertz CT molecular complexity index is 997. The summed E-state index contributed by atoms with van der Waals surface area (Å²) in [7, 11) is 1.68. The van der Waals surface area contributed by atoms with Crippen LogP contribution in [0.4, 0.5) is 0 Å². The van der Waals surface area contributed by atoms with Gasteiger partial charge in [-0.2, -0.15) is 0 Å². The molecule has 0 bridgehead atoms. The van der Waals surface area contributed by atoms with Gasteiger partial charge in [-0.1, -0.05) is 24.8 Å². The van der Waals surface area contributed by atoms with Gasteiger partial charge in [0, 0.05) is 20.0 Å². The Labute approximate surface area is 173 Å². The molecule has 1 atom stereocenters. The van der Waals surface area contributed by atoms with E-state index >= 15 is 0 Å². The molecule has 2 heterocycles. The van der Waals surface area contributed by atoms with Crippen molar-refractivity contribution >= 4 is 29.5 Å². The number of imide groups is 2. The van der Waals surface area contributed by atoms with Gasteiger partial charge in [-0.05, 0) is 31.2 Å². The van der Waals surface area contributed by atoms with Gasteiger partial charge in [0.2, 0.25) is 11.8 Å². The molecule has 0 spiro atoms. The summed E-state index contributed by atoms with van der Waals surface area (Å²) in [5.41, 5.74) is 1.17. The number of hydrogen-bond donors (Lipinski definition) is 2. The zero-order chi connectivity index (χ0) is 22.0. The summed E-state index contributed by atoms with van der Waals surface area (Å²) in [4.78, 5) is 64.4. The van der Waals surface area contributed by atoms with Crippen LogP contribution in [0.25, 0.3) is 0 Å². The van der Waals surface area contributed by atoms with Crippen LogP contribution in [0, 0.1) is 0 Å². The van der Waals surface area contributed by atoms with E-state index in [-0.39, 0.29) is 36.4 Å². The van der Waals surface area contributed by atoms with E-state index in [0.29, 0.717) is 11.3 Å². The highest BCUT2D eigenvalue weighted by Gasteiger charge is 2.45. The van der Waals surface area contributed by atoms with Crippen molar-refractivity contribution in [2.75, 3.05) is 7.05 Å². The molecule has 0 saturated carbocycles. The van der Waals surface area contributed by atoms with Crippen LogP contribution in [0.15, 0.2) is 42.8 Å². The molecule has 9 nitrogen and oxygen atoms in total. The van der Waals surface area contributed by atoms with E-state index in [4.69, 9.17) is 0 Å². The third-order valence-electron chi connectivity index (χ3n) is 5.15. The number of carbonyl (C=O) groups excluding carboxylic acids is 5. The zero-order valence-electron chi connectivity index (χ0n) is 16.7. The number of carbonyl (C=O) groups is 5. The summed E-state index contributed by atoms with van der Waals surface area (Å²) < 4.78 is 0. The second kappa shape index (κ2) is 8.32. The van der Waals surface area contributed by atoms with Crippen LogP contribution in [0.2, 0.25) is 0 Å². The lowest BCUT2D eigenvalue weighted by Crippen LogP contribution is -2.54. The van der Waals surface area contributed by atoms with E-state index in [2.05, 4.69) is 17.2 Å². The molecule has 30 heavy (non-hydrogen) atoms. The molecule has 1 fully saturated rings. The number of hydrogen-bond acceptors (Lipinski definition) is 6. The first-order valence-corrected chi connectivity index (χ1v) is 9.43. The molecule has 1 aromatic carbocycles. The van der Waals surface area contributed by atoms with E-state index in [9.17, 15) is 24.0 Å². The number of likely N-dealkylation sites (N-methyl/N-ethyl adjacent to an activating group) is 1. The van der Waals surface area contributed by atoms with Crippen LogP contribution in [0.5, 0.6) is 0 Å². The Balaban J connectivity index is 1.83. The number of piperidine rings is 1. The molecule has 0 radical (unpaired) electrons. The summed E-state index contributed by atoms with van der Waals surface area (Å²) in [6, 6.07) is 3.74. The quantitative estimate of drug-likeness (QED) is 0.526. The first-order chi connectivity index (χ1) is 14.3. The number of fused-ring (bicyclic) bond motifs is 1. The Morgan fingerprint density at radius 1 is 1.30 bits per heavy atom.